The van der Waals surface area contributed by atoms with Crippen LogP contribution >= 0.6 is 0 Å². The molecule has 4 aromatic rings. The first kappa shape index (κ1) is 22.6. The van der Waals surface area contributed by atoms with E-state index in [2.05, 4.69) is 41.9 Å². The van der Waals surface area contributed by atoms with Crippen LogP contribution < -0.4 is 10.1 Å². The highest BCUT2D eigenvalue weighted by molar-refractivity contribution is 5.95. The van der Waals surface area contributed by atoms with E-state index in [1.165, 1.54) is 5.56 Å². The summed E-state index contributed by atoms with van der Waals surface area (Å²) in [5.41, 5.74) is 7.27. The molecule has 0 aliphatic heterocycles. The van der Waals surface area contributed by atoms with Crippen LogP contribution in [0.4, 0.5) is 0 Å². The fraction of sp³-hybridized carbons (Fsp3) is 0.286. The Morgan fingerprint density at radius 1 is 0.939 bits per heavy atom. The number of aryl methyl sites for hydroxylation is 4. The molecular weight excluding hydrogens is 410 g/mol. The number of ether oxygens (including phenoxy) is 1. The summed E-state index contributed by atoms with van der Waals surface area (Å²) in [7, 11) is 0. The molecule has 1 heterocycles. The van der Waals surface area contributed by atoms with Crippen LogP contribution in [0.1, 0.15) is 38.4 Å². The maximum Gasteiger partial charge on any atom is 0.251 e. The smallest absolute Gasteiger partial charge is 0.251 e. The summed E-state index contributed by atoms with van der Waals surface area (Å²) in [6.45, 7) is 9.91. The molecule has 1 amide bonds. The molecule has 0 bridgehead atoms. The molecule has 0 saturated heterocycles. The highest BCUT2D eigenvalue weighted by atomic mass is 16.5. The second kappa shape index (κ2) is 9.90. The van der Waals surface area contributed by atoms with Crippen LogP contribution in [0.5, 0.6) is 5.75 Å². The molecule has 33 heavy (non-hydrogen) atoms. The Bertz CT molecular complexity index is 1290. The molecule has 0 radical (unpaired) electrons. The van der Waals surface area contributed by atoms with Crippen molar-refractivity contribution in [3.63, 3.8) is 0 Å². The Balaban J connectivity index is 1.44. The van der Waals surface area contributed by atoms with Gasteiger partial charge in [0.1, 0.15) is 18.2 Å². The first-order valence-corrected chi connectivity index (χ1v) is 11.4. The van der Waals surface area contributed by atoms with Gasteiger partial charge in [-0.3, -0.25) is 4.79 Å². The van der Waals surface area contributed by atoms with Crippen molar-refractivity contribution >= 4 is 16.9 Å². The van der Waals surface area contributed by atoms with E-state index in [0.717, 1.165) is 44.9 Å². The molecule has 0 saturated carbocycles. The molecular formula is C28H31N3O2. The number of amides is 1. The first-order chi connectivity index (χ1) is 15.9. The van der Waals surface area contributed by atoms with Gasteiger partial charge in [-0.05, 0) is 63.1 Å². The van der Waals surface area contributed by atoms with Crippen LogP contribution in [0.15, 0.2) is 60.7 Å². The number of imidazole rings is 1. The van der Waals surface area contributed by atoms with Gasteiger partial charge in [-0.25, -0.2) is 4.98 Å². The number of para-hydroxylation sites is 2. The van der Waals surface area contributed by atoms with Gasteiger partial charge in [0.25, 0.3) is 5.91 Å². The molecule has 0 aliphatic rings. The molecule has 0 atom stereocenters. The number of aromatic nitrogens is 2. The topological polar surface area (TPSA) is 56.1 Å². The minimum atomic E-state index is -0.0478. The summed E-state index contributed by atoms with van der Waals surface area (Å²) in [4.78, 5) is 17.5. The normalized spacial score (nSPS) is 11.0. The van der Waals surface area contributed by atoms with Crippen molar-refractivity contribution < 1.29 is 9.53 Å². The van der Waals surface area contributed by atoms with Crippen molar-refractivity contribution in [2.24, 2.45) is 0 Å². The number of nitrogens with one attached hydrogen (secondary N) is 1. The first-order valence-electron chi connectivity index (χ1n) is 11.4. The van der Waals surface area contributed by atoms with Gasteiger partial charge in [-0.2, -0.15) is 0 Å². The molecule has 0 fully saturated rings. The van der Waals surface area contributed by atoms with Crippen molar-refractivity contribution in [3.8, 4) is 5.75 Å². The number of benzene rings is 3. The SMILES string of the molecule is Cc1ccc(OCCn2c(CCNC(=O)c3ccc(C)cc3C)nc3ccccc32)c(C)c1. The number of fused-ring (bicyclic) bond motifs is 1. The minimum Gasteiger partial charge on any atom is -0.491 e. The second-order valence-electron chi connectivity index (χ2n) is 8.61. The Labute approximate surface area is 195 Å². The average Bonchev–Trinajstić information content (AvgIpc) is 3.12. The van der Waals surface area contributed by atoms with Gasteiger partial charge in [0.2, 0.25) is 0 Å². The highest BCUT2D eigenvalue weighted by Crippen LogP contribution is 2.20. The van der Waals surface area contributed by atoms with E-state index >= 15 is 0 Å². The maximum atomic E-state index is 12.7. The van der Waals surface area contributed by atoms with Gasteiger partial charge in [0.15, 0.2) is 0 Å². The standard InChI is InChI=1S/C28H31N3O2/c1-19-9-11-23(21(3)17-19)28(32)29-14-13-27-30-24-7-5-6-8-25(24)31(27)15-16-33-26-12-10-20(2)18-22(26)4/h5-12,17-18H,13-16H2,1-4H3,(H,29,32). The fourth-order valence-corrected chi connectivity index (χ4v) is 4.23. The number of hydrogen-bond donors (Lipinski definition) is 1. The van der Waals surface area contributed by atoms with Crippen molar-refractivity contribution in [3.05, 3.63) is 94.3 Å². The summed E-state index contributed by atoms with van der Waals surface area (Å²) in [6.07, 6.45) is 0.648. The van der Waals surface area contributed by atoms with Gasteiger partial charge in [-0.1, -0.05) is 47.5 Å². The molecule has 5 nitrogen and oxygen atoms in total. The largest absolute Gasteiger partial charge is 0.491 e. The van der Waals surface area contributed by atoms with Crippen molar-refractivity contribution in [1.82, 2.24) is 14.9 Å². The lowest BCUT2D eigenvalue weighted by Crippen LogP contribution is -2.27. The molecule has 0 spiro atoms. The van der Waals surface area contributed by atoms with Gasteiger partial charge >= 0.3 is 0 Å². The van der Waals surface area contributed by atoms with Crippen LogP contribution in [0.2, 0.25) is 0 Å². The van der Waals surface area contributed by atoms with Crippen LogP contribution in [-0.2, 0) is 13.0 Å². The van der Waals surface area contributed by atoms with E-state index in [4.69, 9.17) is 9.72 Å². The summed E-state index contributed by atoms with van der Waals surface area (Å²) in [5.74, 6) is 1.81. The highest BCUT2D eigenvalue weighted by Gasteiger charge is 2.13. The molecule has 4 rings (SSSR count). The lowest BCUT2D eigenvalue weighted by molar-refractivity contribution is 0.0953. The number of hydrogen-bond acceptors (Lipinski definition) is 3. The minimum absolute atomic E-state index is 0.0478. The average molecular weight is 442 g/mol. The van der Waals surface area contributed by atoms with Crippen molar-refractivity contribution in [2.75, 3.05) is 13.2 Å². The van der Waals surface area contributed by atoms with E-state index in [1.54, 1.807) is 0 Å². The molecule has 3 aromatic carbocycles. The number of carbonyl (C=O) groups is 1. The van der Waals surface area contributed by atoms with E-state index in [1.807, 2.05) is 56.3 Å². The Morgan fingerprint density at radius 2 is 1.67 bits per heavy atom. The summed E-state index contributed by atoms with van der Waals surface area (Å²) < 4.78 is 8.27. The number of carbonyl (C=O) groups excluding carboxylic acids is 1. The van der Waals surface area contributed by atoms with Crippen molar-refractivity contribution in [2.45, 2.75) is 40.7 Å². The Kier molecular flexibility index (Phi) is 6.78. The van der Waals surface area contributed by atoms with Gasteiger partial charge in [-0.15, -0.1) is 0 Å². The molecule has 0 unspecified atom stereocenters. The predicted octanol–water partition coefficient (Wildman–Crippen LogP) is 5.32. The van der Waals surface area contributed by atoms with Crippen molar-refractivity contribution in [1.29, 1.82) is 0 Å². The third-order valence-corrected chi connectivity index (χ3v) is 5.90. The second-order valence-corrected chi connectivity index (χ2v) is 8.61. The maximum absolute atomic E-state index is 12.7. The number of rotatable bonds is 8. The van der Waals surface area contributed by atoms with Crippen LogP contribution in [0, 0.1) is 27.7 Å². The molecule has 170 valence electrons. The Morgan fingerprint density at radius 3 is 2.42 bits per heavy atom. The van der Waals surface area contributed by atoms with Gasteiger partial charge in [0, 0.05) is 18.5 Å². The van der Waals surface area contributed by atoms with E-state index in [-0.39, 0.29) is 5.91 Å². The monoisotopic (exact) mass is 441 g/mol. The van der Waals surface area contributed by atoms with Crippen LogP contribution in [-0.4, -0.2) is 28.6 Å². The lowest BCUT2D eigenvalue weighted by atomic mass is 10.1. The third kappa shape index (κ3) is 5.25. The summed E-state index contributed by atoms with van der Waals surface area (Å²) in [5, 5.41) is 3.05. The van der Waals surface area contributed by atoms with Crippen LogP contribution in [0.3, 0.4) is 0 Å². The van der Waals surface area contributed by atoms with E-state index in [9.17, 15) is 4.79 Å². The Hall–Kier alpha value is -3.60. The summed E-state index contributed by atoms with van der Waals surface area (Å²) >= 11 is 0. The lowest BCUT2D eigenvalue weighted by Gasteiger charge is -2.13. The number of nitrogens with zero attached hydrogens (tertiary/aromatic N) is 2. The van der Waals surface area contributed by atoms with Gasteiger partial charge in [0.05, 0.1) is 17.6 Å². The molecule has 0 aliphatic carbocycles. The molecule has 5 heteroatoms. The quantitative estimate of drug-likeness (QED) is 0.403. The van der Waals surface area contributed by atoms with E-state index < -0.39 is 0 Å². The molecule has 1 N–H and O–H groups in total. The van der Waals surface area contributed by atoms with E-state index in [0.29, 0.717) is 26.1 Å². The summed E-state index contributed by atoms with van der Waals surface area (Å²) in [6, 6.07) is 20.2. The van der Waals surface area contributed by atoms with Gasteiger partial charge < -0.3 is 14.6 Å². The van der Waals surface area contributed by atoms with Crippen LogP contribution in [0.25, 0.3) is 11.0 Å². The zero-order valence-electron chi connectivity index (χ0n) is 19.8. The zero-order chi connectivity index (χ0) is 23.4. The molecule has 1 aromatic heterocycles. The zero-order valence-corrected chi connectivity index (χ0v) is 19.8. The third-order valence-electron chi connectivity index (χ3n) is 5.90. The fourth-order valence-electron chi connectivity index (χ4n) is 4.23. The predicted molar refractivity (Wildman–Crippen MR) is 133 cm³/mol.